The van der Waals surface area contributed by atoms with Gasteiger partial charge in [0.25, 0.3) is 11.7 Å². The maximum Gasteiger partial charge on any atom is 0.295 e. The summed E-state index contributed by atoms with van der Waals surface area (Å²) in [6.45, 7) is 11.1. The second kappa shape index (κ2) is 11.2. The topological polar surface area (TPSA) is 79.3 Å². The Labute approximate surface area is 201 Å². The lowest BCUT2D eigenvalue weighted by atomic mass is 9.94. The molecule has 2 aromatic rings. The van der Waals surface area contributed by atoms with Crippen LogP contribution >= 0.6 is 0 Å². The van der Waals surface area contributed by atoms with E-state index in [0.717, 1.165) is 18.7 Å². The van der Waals surface area contributed by atoms with E-state index in [4.69, 9.17) is 9.47 Å². The van der Waals surface area contributed by atoms with Crippen LogP contribution in [0.4, 0.5) is 0 Å². The highest BCUT2D eigenvalue weighted by Gasteiger charge is 2.46. The molecule has 1 heterocycles. The summed E-state index contributed by atoms with van der Waals surface area (Å²) in [7, 11) is 1.57. The Morgan fingerprint density at radius 3 is 2.44 bits per heavy atom. The van der Waals surface area contributed by atoms with Crippen LogP contribution in [0.1, 0.15) is 43.5 Å². The van der Waals surface area contributed by atoms with Crippen LogP contribution in [-0.4, -0.2) is 66.5 Å². The number of methoxy groups -OCH3 is 1. The van der Waals surface area contributed by atoms with Gasteiger partial charge >= 0.3 is 0 Å². The highest BCUT2D eigenvalue weighted by Crippen LogP contribution is 2.40. The number of ether oxygens (including phenoxy) is 2. The summed E-state index contributed by atoms with van der Waals surface area (Å²) in [6.07, 6.45) is 0. The number of likely N-dealkylation sites (N-methyl/N-ethyl adjacent to an activating group) is 1. The predicted molar refractivity (Wildman–Crippen MR) is 132 cm³/mol. The fourth-order valence-electron chi connectivity index (χ4n) is 4.33. The third kappa shape index (κ3) is 5.09. The van der Waals surface area contributed by atoms with Gasteiger partial charge in [0.05, 0.1) is 25.3 Å². The lowest BCUT2D eigenvalue weighted by Gasteiger charge is -2.28. The number of carbonyl (C=O) groups is 2. The first-order valence-electron chi connectivity index (χ1n) is 11.7. The van der Waals surface area contributed by atoms with Gasteiger partial charge in [-0.15, -0.1) is 0 Å². The summed E-state index contributed by atoms with van der Waals surface area (Å²) in [5.74, 6) is -0.157. The quantitative estimate of drug-likeness (QED) is 0.322. The Kier molecular flexibility index (Phi) is 8.34. The van der Waals surface area contributed by atoms with Gasteiger partial charge in [0, 0.05) is 18.7 Å². The van der Waals surface area contributed by atoms with Crippen molar-refractivity contribution in [1.82, 2.24) is 9.80 Å². The van der Waals surface area contributed by atoms with Crippen molar-refractivity contribution in [2.24, 2.45) is 0 Å². The van der Waals surface area contributed by atoms with E-state index in [1.54, 1.807) is 42.3 Å². The smallest absolute Gasteiger partial charge is 0.295 e. The van der Waals surface area contributed by atoms with Gasteiger partial charge in [0.15, 0.2) is 0 Å². The van der Waals surface area contributed by atoms with Crippen molar-refractivity contribution in [1.29, 1.82) is 0 Å². The Morgan fingerprint density at radius 1 is 1.09 bits per heavy atom. The van der Waals surface area contributed by atoms with Crippen molar-refractivity contribution >= 4 is 17.4 Å². The van der Waals surface area contributed by atoms with E-state index in [1.807, 2.05) is 26.0 Å². The second-order valence-electron chi connectivity index (χ2n) is 8.21. The molecule has 7 heteroatoms. The minimum atomic E-state index is -0.711. The predicted octanol–water partition coefficient (Wildman–Crippen LogP) is 4.17. The third-order valence-electron chi connectivity index (χ3n) is 6.25. The van der Waals surface area contributed by atoms with Crippen molar-refractivity contribution in [3.05, 3.63) is 64.7 Å². The standard InChI is InChI=1S/C27H34N2O5/c1-6-28(7-2)14-15-29-24(19-10-9-11-21(17-19)33-5)23(26(31)27(29)32)25(30)20-12-13-22(34-8-3)18(4)16-20/h9-13,16-17,24,30H,6-8,14-15H2,1-5H3/b25-23-. The Hall–Kier alpha value is -3.32. The van der Waals surface area contributed by atoms with Crippen molar-refractivity contribution in [3.8, 4) is 11.5 Å². The molecular formula is C27H34N2O5. The number of hydrogen-bond donors (Lipinski definition) is 1. The molecule has 2 aromatic carbocycles. The van der Waals surface area contributed by atoms with Crippen LogP contribution in [0.2, 0.25) is 0 Å². The summed E-state index contributed by atoms with van der Waals surface area (Å²) in [5.41, 5.74) is 2.10. The molecule has 182 valence electrons. The van der Waals surface area contributed by atoms with Crippen LogP contribution < -0.4 is 9.47 Å². The number of nitrogens with zero attached hydrogens (tertiary/aromatic N) is 2. The Bertz CT molecular complexity index is 1070. The average molecular weight is 467 g/mol. The number of ketones is 1. The van der Waals surface area contributed by atoms with Gasteiger partial charge in [0.2, 0.25) is 0 Å². The van der Waals surface area contributed by atoms with E-state index in [0.29, 0.717) is 42.3 Å². The Morgan fingerprint density at radius 2 is 1.82 bits per heavy atom. The van der Waals surface area contributed by atoms with Gasteiger partial charge in [-0.3, -0.25) is 9.59 Å². The summed E-state index contributed by atoms with van der Waals surface area (Å²) >= 11 is 0. The van der Waals surface area contributed by atoms with Crippen LogP contribution in [0.3, 0.4) is 0 Å². The molecule has 1 saturated heterocycles. The van der Waals surface area contributed by atoms with Gasteiger partial charge in [-0.1, -0.05) is 26.0 Å². The minimum absolute atomic E-state index is 0.0846. The molecule has 1 aliphatic heterocycles. The number of amides is 1. The summed E-state index contributed by atoms with van der Waals surface area (Å²) in [5, 5.41) is 11.3. The molecule has 3 rings (SSSR count). The van der Waals surface area contributed by atoms with Gasteiger partial charge in [-0.25, -0.2) is 0 Å². The highest BCUT2D eigenvalue weighted by molar-refractivity contribution is 6.46. The molecule has 1 aliphatic rings. The number of benzene rings is 2. The van der Waals surface area contributed by atoms with E-state index in [2.05, 4.69) is 18.7 Å². The van der Waals surface area contributed by atoms with E-state index >= 15 is 0 Å². The van der Waals surface area contributed by atoms with E-state index in [-0.39, 0.29) is 11.3 Å². The summed E-state index contributed by atoms with van der Waals surface area (Å²) < 4.78 is 11.0. The fourth-order valence-corrected chi connectivity index (χ4v) is 4.33. The normalized spacial score (nSPS) is 17.5. The first-order chi connectivity index (χ1) is 16.4. The molecule has 1 atom stereocenters. The van der Waals surface area contributed by atoms with Gasteiger partial charge in [-0.05, 0) is 68.4 Å². The number of aliphatic hydroxyl groups is 1. The van der Waals surface area contributed by atoms with E-state index < -0.39 is 17.7 Å². The van der Waals surface area contributed by atoms with Crippen LogP contribution in [0.15, 0.2) is 48.0 Å². The largest absolute Gasteiger partial charge is 0.507 e. The lowest BCUT2D eigenvalue weighted by Crippen LogP contribution is -2.38. The van der Waals surface area contributed by atoms with Crippen LogP contribution in [0, 0.1) is 6.92 Å². The molecule has 1 fully saturated rings. The first-order valence-corrected chi connectivity index (χ1v) is 11.7. The molecule has 0 radical (unpaired) electrons. The van der Waals surface area contributed by atoms with Gasteiger partial charge in [-0.2, -0.15) is 0 Å². The summed E-state index contributed by atoms with van der Waals surface area (Å²) in [4.78, 5) is 30.1. The monoisotopic (exact) mass is 466 g/mol. The Balaban J connectivity index is 2.11. The number of rotatable bonds is 10. The number of hydrogen-bond acceptors (Lipinski definition) is 6. The zero-order valence-electron chi connectivity index (χ0n) is 20.6. The molecule has 0 bridgehead atoms. The zero-order valence-corrected chi connectivity index (χ0v) is 20.6. The molecule has 1 unspecified atom stereocenters. The highest BCUT2D eigenvalue weighted by atomic mass is 16.5. The number of aryl methyl sites for hydroxylation is 1. The van der Waals surface area contributed by atoms with Gasteiger partial charge < -0.3 is 24.4 Å². The number of carbonyl (C=O) groups excluding carboxylic acids is 2. The molecular weight excluding hydrogens is 432 g/mol. The minimum Gasteiger partial charge on any atom is -0.507 e. The molecule has 1 N–H and O–H groups in total. The summed E-state index contributed by atoms with van der Waals surface area (Å²) in [6, 6.07) is 11.8. The maximum atomic E-state index is 13.2. The van der Waals surface area contributed by atoms with Crippen LogP contribution in [0.25, 0.3) is 5.76 Å². The first kappa shape index (κ1) is 25.3. The SMILES string of the molecule is CCOc1ccc(/C(O)=C2/C(=O)C(=O)N(CCN(CC)CC)C2c2cccc(OC)c2)cc1C. The molecule has 0 aromatic heterocycles. The molecule has 0 spiro atoms. The number of aliphatic hydroxyl groups excluding tert-OH is 1. The fraction of sp³-hybridized carbons (Fsp3) is 0.407. The van der Waals surface area contributed by atoms with E-state index in [1.165, 1.54) is 0 Å². The molecule has 1 amide bonds. The van der Waals surface area contributed by atoms with Gasteiger partial charge in [0.1, 0.15) is 17.3 Å². The lowest BCUT2D eigenvalue weighted by molar-refractivity contribution is -0.140. The average Bonchev–Trinajstić information content (AvgIpc) is 3.10. The van der Waals surface area contributed by atoms with E-state index in [9.17, 15) is 14.7 Å². The second-order valence-corrected chi connectivity index (χ2v) is 8.21. The van der Waals surface area contributed by atoms with Crippen molar-refractivity contribution in [2.45, 2.75) is 33.7 Å². The van der Waals surface area contributed by atoms with Crippen LogP contribution in [0.5, 0.6) is 11.5 Å². The molecule has 7 nitrogen and oxygen atoms in total. The zero-order chi connectivity index (χ0) is 24.8. The molecule has 34 heavy (non-hydrogen) atoms. The van der Waals surface area contributed by atoms with Crippen molar-refractivity contribution in [3.63, 3.8) is 0 Å². The number of Topliss-reactive ketones (excluding diaryl/α,β-unsaturated/α-hetero) is 1. The molecule has 0 saturated carbocycles. The van der Waals surface area contributed by atoms with Crippen molar-refractivity contribution < 1.29 is 24.2 Å². The maximum absolute atomic E-state index is 13.2. The van der Waals surface area contributed by atoms with Crippen LogP contribution in [-0.2, 0) is 9.59 Å². The molecule has 0 aliphatic carbocycles. The van der Waals surface area contributed by atoms with Crippen molar-refractivity contribution in [2.75, 3.05) is 39.9 Å². The number of likely N-dealkylation sites (tertiary alicyclic amines) is 1. The third-order valence-corrected chi connectivity index (χ3v) is 6.25.